The van der Waals surface area contributed by atoms with Crippen LogP contribution in [0.3, 0.4) is 0 Å². The highest BCUT2D eigenvalue weighted by atomic mass is 16.4. The number of carbonyl (C=O) groups excluding carboxylic acids is 1. The van der Waals surface area contributed by atoms with Crippen molar-refractivity contribution in [2.75, 3.05) is 13.6 Å². The Bertz CT molecular complexity index is 281. The number of amides is 2. The highest BCUT2D eigenvalue weighted by molar-refractivity contribution is 5.82. The number of urea groups is 1. The Morgan fingerprint density at radius 3 is 2.17 bits per heavy atom. The molecule has 0 saturated heterocycles. The van der Waals surface area contributed by atoms with Crippen LogP contribution in [-0.2, 0) is 4.79 Å². The second-order valence-corrected chi connectivity index (χ2v) is 4.71. The first kappa shape index (κ1) is 16.7. The summed E-state index contributed by atoms with van der Waals surface area (Å²) in [6, 6.07) is -0.870. The fraction of sp³-hybridized carbons (Fsp3) is 0.846. The number of aliphatic carboxylic acids is 1. The Hall–Kier alpha value is -1.26. The fourth-order valence-electron chi connectivity index (χ4n) is 1.59. The van der Waals surface area contributed by atoms with Gasteiger partial charge in [0.25, 0.3) is 0 Å². The topological polar surface area (TPSA) is 60.9 Å². The molecule has 0 aliphatic rings. The van der Waals surface area contributed by atoms with Crippen LogP contribution >= 0.6 is 0 Å². The van der Waals surface area contributed by atoms with E-state index in [0.717, 1.165) is 19.3 Å². The molecule has 0 aliphatic carbocycles. The minimum atomic E-state index is -0.981. The molecule has 0 bridgehead atoms. The van der Waals surface area contributed by atoms with Crippen molar-refractivity contribution >= 4 is 12.0 Å². The first-order chi connectivity index (χ1) is 8.36. The van der Waals surface area contributed by atoms with Crippen molar-refractivity contribution in [2.45, 2.75) is 59.0 Å². The van der Waals surface area contributed by atoms with E-state index in [9.17, 15) is 9.59 Å². The normalized spacial score (nSPS) is 13.8. The van der Waals surface area contributed by atoms with Gasteiger partial charge in [0.05, 0.1) is 0 Å². The molecule has 18 heavy (non-hydrogen) atoms. The van der Waals surface area contributed by atoms with Gasteiger partial charge in [-0.3, -0.25) is 0 Å². The van der Waals surface area contributed by atoms with Gasteiger partial charge >= 0.3 is 12.0 Å². The molecule has 5 heteroatoms. The summed E-state index contributed by atoms with van der Waals surface area (Å²) in [5.41, 5.74) is 0. The van der Waals surface area contributed by atoms with Crippen molar-refractivity contribution in [3.63, 3.8) is 0 Å². The van der Waals surface area contributed by atoms with Gasteiger partial charge in [-0.05, 0) is 26.7 Å². The summed E-state index contributed by atoms with van der Waals surface area (Å²) in [6.45, 7) is 8.29. The zero-order valence-corrected chi connectivity index (χ0v) is 12.1. The van der Waals surface area contributed by atoms with Gasteiger partial charge in [-0.15, -0.1) is 0 Å². The van der Waals surface area contributed by atoms with Gasteiger partial charge in [0.2, 0.25) is 0 Å². The fourth-order valence-corrected chi connectivity index (χ4v) is 1.59. The number of unbranched alkanes of at least 4 members (excludes halogenated alkanes) is 1. The highest BCUT2D eigenvalue weighted by Gasteiger charge is 2.27. The molecule has 0 radical (unpaired) electrons. The highest BCUT2D eigenvalue weighted by Crippen LogP contribution is 2.11. The molecule has 0 aromatic heterocycles. The number of rotatable bonds is 7. The molecule has 2 unspecified atom stereocenters. The van der Waals surface area contributed by atoms with Crippen LogP contribution in [0.1, 0.15) is 47.0 Å². The van der Waals surface area contributed by atoms with Crippen molar-refractivity contribution in [3.8, 4) is 0 Å². The molecule has 0 rings (SSSR count). The number of hydrogen-bond donors (Lipinski definition) is 1. The Balaban J connectivity index is 4.77. The second kappa shape index (κ2) is 7.95. The molecule has 106 valence electrons. The molecule has 0 spiro atoms. The Morgan fingerprint density at radius 2 is 1.78 bits per heavy atom. The number of carboxylic acids is 1. The van der Waals surface area contributed by atoms with Crippen LogP contribution in [0.25, 0.3) is 0 Å². The van der Waals surface area contributed by atoms with E-state index in [1.54, 1.807) is 11.9 Å². The van der Waals surface area contributed by atoms with Crippen molar-refractivity contribution in [3.05, 3.63) is 0 Å². The van der Waals surface area contributed by atoms with Gasteiger partial charge in [-0.25, -0.2) is 9.59 Å². The maximum Gasteiger partial charge on any atom is 0.326 e. The Labute approximate surface area is 110 Å². The minimum Gasteiger partial charge on any atom is -0.480 e. The SMILES string of the molecule is CCCCN(C(=O)N(C)C(C)C(=O)O)C(C)CC. The molecule has 0 saturated carbocycles. The van der Waals surface area contributed by atoms with E-state index in [4.69, 9.17) is 5.11 Å². The summed E-state index contributed by atoms with van der Waals surface area (Å²) >= 11 is 0. The summed E-state index contributed by atoms with van der Waals surface area (Å²) in [7, 11) is 1.54. The zero-order valence-electron chi connectivity index (χ0n) is 12.1. The monoisotopic (exact) mass is 258 g/mol. The van der Waals surface area contributed by atoms with Gasteiger partial charge in [-0.1, -0.05) is 20.3 Å². The van der Waals surface area contributed by atoms with E-state index in [1.165, 1.54) is 11.8 Å². The van der Waals surface area contributed by atoms with Crippen molar-refractivity contribution in [1.29, 1.82) is 0 Å². The van der Waals surface area contributed by atoms with Crippen LogP contribution in [0, 0.1) is 0 Å². The molecule has 0 aromatic carbocycles. The number of nitrogens with zero attached hydrogens (tertiary/aromatic N) is 2. The van der Waals surface area contributed by atoms with Gasteiger partial charge < -0.3 is 14.9 Å². The standard InChI is InChI=1S/C13H26N2O3/c1-6-8-9-15(10(3)7-2)13(18)14(5)11(4)12(16)17/h10-11H,6-9H2,1-5H3,(H,16,17). The number of hydrogen-bond acceptors (Lipinski definition) is 2. The minimum absolute atomic E-state index is 0.132. The quantitative estimate of drug-likeness (QED) is 0.762. The molecule has 5 nitrogen and oxygen atoms in total. The van der Waals surface area contributed by atoms with Crippen molar-refractivity contribution in [2.24, 2.45) is 0 Å². The van der Waals surface area contributed by atoms with Gasteiger partial charge in [-0.2, -0.15) is 0 Å². The smallest absolute Gasteiger partial charge is 0.326 e. The van der Waals surface area contributed by atoms with E-state index in [1.807, 2.05) is 13.8 Å². The van der Waals surface area contributed by atoms with Crippen LogP contribution in [0.15, 0.2) is 0 Å². The van der Waals surface area contributed by atoms with Crippen molar-refractivity contribution in [1.82, 2.24) is 9.80 Å². The summed E-state index contributed by atoms with van der Waals surface area (Å²) in [5, 5.41) is 8.94. The maximum atomic E-state index is 12.3. The average Bonchev–Trinajstić information content (AvgIpc) is 2.36. The Kier molecular flexibility index (Phi) is 7.39. The molecule has 0 fully saturated rings. The number of carboxylic acid groups (broad SMARTS) is 1. The molecule has 2 atom stereocenters. The third-order valence-corrected chi connectivity index (χ3v) is 3.36. The lowest BCUT2D eigenvalue weighted by Crippen LogP contribution is -2.50. The average molecular weight is 258 g/mol. The van der Waals surface area contributed by atoms with Crippen LogP contribution in [0.5, 0.6) is 0 Å². The summed E-state index contributed by atoms with van der Waals surface area (Å²) in [5.74, 6) is -0.981. The number of carbonyl (C=O) groups is 2. The summed E-state index contributed by atoms with van der Waals surface area (Å²) < 4.78 is 0. The second-order valence-electron chi connectivity index (χ2n) is 4.71. The van der Waals surface area contributed by atoms with E-state index >= 15 is 0 Å². The maximum absolute atomic E-state index is 12.3. The van der Waals surface area contributed by atoms with Gasteiger partial charge in [0.1, 0.15) is 6.04 Å². The molecular weight excluding hydrogens is 232 g/mol. The van der Waals surface area contributed by atoms with Crippen molar-refractivity contribution < 1.29 is 14.7 Å². The van der Waals surface area contributed by atoms with E-state index < -0.39 is 12.0 Å². The molecule has 1 N–H and O–H groups in total. The number of likely N-dealkylation sites (N-methyl/N-ethyl adjacent to an activating group) is 1. The van der Waals surface area contributed by atoms with Crippen LogP contribution < -0.4 is 0 Å². The third-order valence-electron chi connectivity index (χ3n) is 3.36. The lowest BCUT2D eigenvalue weighted by molar-refractivity contribution is -0.141. The van der Waals surface area contributed by atoms with Crippen LogP contribution in [0.2, 0.25) is 0 Å². The van der Waals surface area contributed by atoms with Crippen LogP contribution in [0.4, 0.5) is 4.79 Å². The van der Waals surface area contributed by atoms with Crippen LogP contribution in [-0.4, -0.2) is 52.6 Å². The van der Waals surface area contributed by atoms with E-state index in [-0.39, 0.29) is 12.1 Å². The van der Waals surface area contributed by atoms with E-state index in [2.05, 4.69) is 6.92 Å². The first-order valence-electron chi connectivity index (χ1n) is 6.62. The van der Waals surface area contributed by atoms with Gasteiger partial charge in [0, 0.05) is 19.6 Å². The largest absolute Gasteiger partial charge is 0.480 e. The molecule has 2 amide bonds. The summed E-state index contributed by atoms with van der Waals surface area (Å²) in [4.78, 5) is 26.3. The lowest BCUT2D eigenvalue weighted by Gasteiger charge is -2.34. The predicted molar refractivity (Wildman–Crippen MR) is 71.6 cm³/mol. The molecule has 0 aromatic rings. The molecule has 0 heterocycles. The zero-order chi connectivity index (χ0) is 14.3. The van der Waals surface area contributed by atoms with E-state index in [0.29, 0.717) is 6.54 Å². The Morgan fingerprint density at radius 1 is 1.22 bits per heavy atom. The lowest BCUT2D eigenvalue weighted by atomic mass is 10.2. The third kappa shape index (κ3) is 4.55. The molecular formula is C13H26N2O3. The molecule has 0 aliphatic heterocycles. The predicted octanol–water partition coefficient (Wildman–Crippen LogP) is 2.41. The summed E-state index contributed by atoms with van der Waals surface area (Å²) in [6.07, 6.45) is 2.81. The van der Waals surface area contributed by atoms with Gasteiger partial charge in [0.15, 0.2) is 0 Å². The first-order valence-corrected chi connectivity index (χ1v) is 6.62.